The summed E-state index contributed by atoms with van der Waals surface area (Å²) < 4.78 is 4.75. The molecule has 0 heterocycles. The Kier molecular flexibility index (Phi) is 6.52. The molecule has 0 saturated heterocycles. The number of halogens is 1. The minimum Gasteiger partial charge on any atom is -0.467 e. The number of ether oxygens (including phenoxy) is 1. The summed E-state index contributed by atoms with van der Waals surface area (Å²) in [5, 5.41) is 8.73. The zero-order valence-corrected chi connectivity index (χ0v) is 13.9. The van der Waals surface area contributed by atoms with Crippen LogP contribution in [0.3, 0.4) is 0 Å². The maximum absolute atomic E-state index is 11.9. The van der Waals surface area contributed by atoms with Crippen LogP contribution in [0.2, 0.25) is 0 Å². The number of nitrogens with zero attached hydrogens (tertiary/aromatic N) is 1. The van der Waals surface area contributed by atoms with Gasteiger partial charge in [0.2, 0.25) is 0 Å². The number of nitrogens with two attached hydrogens (primary N) is 1. The number of amides is 1. The van der Waals surface area contributed by atoms with E-state index in [0.29, 0.717) is 0 Å². The third kappa shape index (κ3) is 4.05. The molecule has 3 N–H and O–H groups in total. The van der Waals surface area contributed by atoms with Gasteiger partial charge in [-0.05, 0) is 30.2 Å². The quantitative estimate of drug-likeness (QED) is 0.271. The van der Waals surface area contributed by atoms with E-state index in [1.54, 1.807) is 0 Å². The molecule has 1 atom stereocenters. The number of aryl methyl sites for hydroxylation is 1. The first-order valence-electron chi connectivity index (χ1n) is 6.79. The Morgan fingerprint density at radius 2 is 2.14 bits per heavy atom. The lowest BCUT2D eigenvalue weighted by Crippen LogP contribution is -2.73. The summed E-state index contributed by atoms with van der Waals surface area (Å²) in [5.41, 5.74) is 3.58. The number of carbonyl (C=O) groups excluding carboxylic acids is 2. The lowest BCUT2D eigenvalue weighted by Gasteiger charge is -2.24. The summed E-state index contributed by atoms with van der Waals surface area (Å²) in [4.78, 5) is 24.4. The number of nitrogens with one attached hydrogen (secondary N) is 1. The van der Waals surface area contributed by atoms with Crippen molar-refractivity contribution in [1.82, 2.24) is 4.90 Å². The Morgan fingerprint density at radius 3 is 2.59 bits per heavy atom. The Hall–Kier alpha value is -1.92. The summed E-state index contributed by atoms with van der Waals surface area (Å²) in [5.74, 6) is -0.531. The standard InChI is InChI=1S/C15H20ClN3O3/c1-9-5-10(6-11(8-17)13(9)18-2)7-12(14(20)22-4)19(3)15(16)21/h5-6,8,12,17-18H,7H2,1-4H3/p+1/t12-/m1/s1. The highest BCUT2D eigenvalue weighted by Gasteiger charge is 2.27. The van der Waals surface area contributed by atoms with Gasteiger partial charge in [0.1, 0.15) is 11.7 Å². The molecule has 0 aliphatic carbocycles. The predicted molar refractivity (Wildman–Crippen MR) is 85.1 cm³/mol. The monoisotopic (exact) mass is 326 g/mol. The van der Waals surface area contributed by atoms with E-state index in [4.69, 9.17) is 21.7 Å². The van der Waals surface area contributed by atoms with Crippen molar-refractivity contribution < 1.29 is 19.6 Å². The first kappa shape index (κ1) is 18.1. The van der Waals surface area contributed by atoms with E-state index in [0.717, 1.165) is 27.3 Å². The maximum atomic E-state index is 11.9. The third-order valence-electron chi connectivity index (χ3n) is 3.57. The first-order valence-corrected chi connectivity index (χ1v) is 7.17. The smallest absolute Gasteiger partial charge is 0.328 e. The van der Waals surface area contributed by atoms with E-state index in [-0.39, 0.29) is 6.42 Å². The minimum absolute atomic E-state index is 0.271. The number of likely N-dealkylation sites (N-methyl/N-ethyl adjacent to an activating group) is 1. The van der Waals surface area contributed by atoms with E-state index in [1.807, 2.05) is 31.4 Å². The van der Waals surface area contributed by atoms with Gasteiger partial charge in [0.25, 0.3) is 0 Å². The normalized spacial score (nSPS) is 11.7. The number of esters is 1. The van der Waals surface area contributed by atoms with Crippen molar-refractivity contribution >= 4 is 34.8 Å². The molecule has 1 rings (SSSR count). The van der Waals surface area contributed by atoms with Crippen molar-refractivity contribution in [2.45, 2.75) is 19.4 Å². The van der Waals surface area contributed by atoms with Crippen molar-refractivity contribution in [2.24, 2.45) is 0 Å². The fourth-order valence-electron chi connectivity index (χ4n) is 2.39. The molecule has 7 heteroatoms. The van der Waals surface area contributed by atoms with E-state index in [2.05, 4.69) is 0 Å². The van der Waals surface area contributed by atoms with Gasteiger partial charge in [-0.25, -0.2) is 4.79 Å². The zero-order chi connectivity index (χ0) is 16.9. The van der Waals surface area contributed by atoms with Crippen molar-refractivity contribution in [3.05, 3.63) is 28.8 Å². The average Bonchev–Trinajstić information content (AvgIpc) is 2.50. The van der Waals surface area contributed by atoms with Crippen molar-refractivity contribution in [2.75, 3.05) is 21.2 Å². The molecule has 0 aliphatic heterocycles. The second kappa shape index (κ2) is 7.91. The fourth-order valence-corrected chi connectivity index (χ4v) is 2.51. The van der Waals surface area contributed by atoms with Crippen LogP contribution in [0.25, 0.3) is 0 Å². The Balaban J connectivity index is 3.18. The number of quaternary nitrogens is 1. The highest BCUT2D eigenvalue weighted by molar-refractivity contribution is 6.62. The molecule has 0 radical (unpaired) electrons. The number of hydrogen-bond donors (Lipinski definition) is 2. The van der Waals surface area contributed by atoms with E-state index in [9.17, 15) is 9.59 Å². The molecule has 22 heavy (non-hydrogen) atoms. The summed E-state index contributed by atoms with van der Waals surface area (Å²) in [7, 11) is 4.63. The summed E-state index contributed by atoms with van der Waals surface area (Å²) in [6.45, 7) is 1.94. The van der Waals surface area contributed by atoms with Crippen molar-refractivity contribution in [3.8, 4) is 0 Å². The second-order valence-corrected chi connectivity index (χ2v) is 5.28. The Labute approximate surface area is 134 Å². The molecule has 0 bridgehead atoms. The number of rotatable bonds is 6. The fraction of sp³-hybridized carbons (Fsp3) is 0.400. The van der Waals surface area contributed by atoms with Gasteiger partial charge in [-0.2, -0.15) is 0 Å². The van der Waals surface area contributed by atoms with Crippen molar-refractivity contribution in [3.63, 3.8) is 0 Å². The van der Waals surface area contributed by atoms with Gasteiger partial charge in [-0.1, -0.05) is 6.07 Å². The summed E-state index contributed by atoms with van der Waals surface area (Å²) in [6, 6.07) is 2.97. The highest BCUT2D eigenvalue weighted by atomic mass is 35.5. The Morgan fingerprint density at radius 1 is 1.50 bits per heavy atom. The average molecular weight is 327 g/mol. The lowest BCUT2D eigenvalue weighted by molar-refractivity contribution is -0.540. The highest BCUT2D eigenvalue weighted by Crippen LogP contribution is 2.20. The van der Waals surface area contributed by atoms with Crippen LogP contribution in [0, 0.1) is 12.3 Å². The number of benzene rings is 1. The number of hydrogen-bond acceptors (Lipinski definition) is 4. The van der Waals surface area contributed by atoms with Gasteiger partial charge < -0.3 is 20.4 Å². The molecule has 1 amide bonds. The minimum atomic E-state index is -0.801. The molecule has 1 aromatic carbocycles. The van der Waals surface area contributed by atoms with Gasteiger partial charge in [-0.15, -0.1) is 0 Å². The molecular formula is C15H21ClN3O3+. The zero-order valence-electron chi connectivity index (χ0n) is 13.1. The maximum Gasteiger partial charge on any atom is 0.328 e. The van der Waals surface area contributed by atoms with Crippen molar-refractivity contribution in [1.29, 1.82) is 5.41 Å². The number of methoxy groups -OCH3 is 1. The van der Waals surface area contributed by atoms with Gasteiger partial charge in [0.15, 0.2) is 0 Å². The molecular weight excluding hydrogens is 306 g/mol. The van der Waals surface area contributed by atoms with E-state index in [1.165, 1.54) is 20.4 Å². The topological polar surface area (TPSA) is 87.1 Å². The number of carbonyl (C=O) groups is 2. The molecule has 0 spiro atoms. The SMILES string of the molecule is C[NH2+]c1c(C)cc(C[C@H](C(=O)OC)N(C)C(=O)Cl)cc1C=N. The second-order valence-electron chi connectivity index (χ2n) is 4.96. The van der Waals surface area contributed by atoms with Gasteiger partial charge in [-0.3, -0.25) is 4.79 Å². The molecule has 0 fully saturated rings. The van der Waals surface area contributed by atoms with Crippen LogP contribution in [0.5, 0.6) is 0 Å². The van der Waals surface area contributed by atoms with Crippen LogP contribution in [0.4, 0.5) is 10.5 Å². The molecule has 0 aliphatic rings. The molecule has 0 saturated carbocycles. The largest absolute Gasteiger partial charge is 0.467 e. The van der Waals surface area contributed by atoms with Gasteiger partial charge in [0.05, 0.1) is 19.7 Å². The summed E-state index contributed by atoms with van der Waals surface area (Å²) >= 11 is 5.47. The van der Waals surface area contributed by atoms with Gasteiger partial charge in [0, 0.05) is 25.2 Å². The summed E-state index contributed by atoms with van der Waals surface area (Å²) in [6.07, 6.45) is 1.54. The molecule has 1 aromatic rings. The van der Waals surface area contributed by atoms with Crippen LogP contribution in [0.15, 0.2) is 12.1 Å². The van der Waals surface area contributed by atoms with E-state index < -0.39 is 17.4 Å². The van der Waals surface area contributed by atoms with E-state index >= 15 is 0 Å². The molecule has 120 valence electrons. The van der Waals surface area contributed by atoms with Crippen LogP contribution in [-0.2, 0) is 16.0 Å². The van der Waals surface area contributed by atoms with Crippen LogP contribution >= 0.6 is 11.6 Å². The first-order chi connectivity index (χ1) is 10.3. The van der Waals surface area contributed by atoms with Crippen LogP contribution < -0.4 is 5.32 Å². The third-order valence-corrected chi connectivity index (χ3v) is 3.84. The van der Waals surface area contributed by atoms with Crippen LogP contribution in [0.1, 0.15) is 16.7 Å². The van der Waals surface area contributed by atoms with Crippen LogP contribution in [-0.4, -0.2) is 49.7 Å². The predicted octanol–water partition coefficient (Wildman–Crippen LogP) is 1.19. The molecule has 6 nitrogen and oxygen atoms in total. The Bertz CT molecular complexity index is 590. The van der Waals surface area contributed by atoms with Gasteiger partial charge >= 0.3 is 11.3 Å². The molecule has 0 aromatic heterocycles. The lowest BCUT2D eigenvalue weighted by atomic mass is 9.98. The molecule has 0 unspecified atom stereocenters.